The summed E-state index contributed by atoms with van der Waals surface area (Å²) in [7, 11) is 1.66. The zero-order valence-corrected chi connectivity index (χ0v) is 13.6. The summed E-state index contributed by atoms with van der Waals surface area (Å²) < 4.78 is 11.0. The van der Waals surface area contributed by atoms with Crippen LogP contribution in [0.5, 0.6) is 11.5 Å². The van der Waals surface area contributed by atoms with Gasteiger partial charge in [-0.25, -0.2) is 0 Å². The lowest BCUT2D eigenvalue weighted by molar-refractivity contribution is 0.342. The first-order chi connectivity index (χ1) is 11.2. The van der Waals surface area contributed by atoms with Crippen LogP contribution in [-0.4, -0.2) is 18.7 Å². The molecule has 0 aliphatic heterocycles. The van der Waals surface area contributed by atoms with Gasteiger partial charge in [-0.3, -0.25) is 4.98 Å². The first-order valence-corrected chi connectivity index (χ1v) is 7.65. The highest BCUT2D eigenvalue weighted by Crippen LogP contribution is 2.32. The largest absolute Gasteiger partial charge is 0.497 e. The van der Waals surface area contributed by atoms with Crippen molar-refractivity contribution in [2.45, 2.75) is 13.8 Å². The minimum Gasteiger partial charge on any atom is -0.497 e. The third kappa shape index (κ3) is 3.21. The molecule has 0 bridgehead atoms. The van der Waals surface area contributed by atoms with Gasteiger partial charge in [-0.05, 0) is 44.2 Å². The van der Waals surface area contributed by atoms with E-state index in [0.717, 1.165) is 39.5 Å². The van der Waals surface area contributed by atoms with Gasteiger partial charge in [-0.15, -0.1) is 0 Å². The van der Waals surface area contributed by atoms with E-state index in [9.17, 15) is 0 Å². The Morgan fingerprint density at radius 3 is 2.65 bits per heavy atom. The number of anilines is 2. The van der Waals surface area contributed by atoms with E-state index in [2.05, 4.69) is 10.3 Å². The highest BCUT2D eigenvalue weighted by molar-refractivity contribution is 5.94. The first kappa shape index (κ1) is 15.2. The van der Waals surface area contributed by atoms with Gasteiger partial charge in [0.05, 0.1) is 24.9 Å². The van der Waals surface area contributed by atoms with Crippen LogP contribution >= 0.6 is 0 Å². The molecule has 0 saturated carbocycles. The maximum Gasteiger partial charge on any atom is 0.142 e. The van der Waals surface area contributed by atoms with Crippen LogP contribution < -0.4 is 14.8 Å². The summed E-state index contributed by atoms with van der Waals surface area (Å²) in [6, 6.07) is 15.9. The number of pyridine rings is 1. The summed E-state index contributed by atoms with van der Waals surface area (Å²) in [5.74, 6) is 1.64. The molecule has 1 heterocycles. The van der Waals surface area contributed by atoms with Crippen molar-refractivity contribution in [3.8, 4) is 11.5 Å². The van der Waals surface area contributed by atoms with E-state index >= 15 is 0 Å². The van der Waals surface area contributed by atoms with Crippen LogP contribution in [0.1, 0.15) is 12.6 Å². The number of ether oxygens (including phenoxy) is 2. The molecular weight excluding hydrogens is 288 g/mol. The number of hydrogen-bond donors (Lipinski definition) is 1. The second-order valence-electron chi connectivity index (χ2n) is 5.25. The topological polar surface area (TPSA) is 43.4 Å². The summed E-state index contributed by atoms with van der Waals surface area (Å²) in [6.45, 7) is 4.60. The number of rotatable bonds is 5. The number of aromatic nitrogens is 1. The number of hydrogen-bond acceptors (Lipinski definition) is 4. The number of aryl methyl sites for hydroxylation is 1. The predicted molar refractivity (Wildman–Crippen MR) is 93.9 cm³/mol. The summed E-state index contributed by atoms with van der Waals surface area (Å²) in [4.78, 5) is 4.59. The van der Waals surface area contributed by atoms with E-state index in [1.165, 1.54) is 0 Å². The van der Waals surface area contributed by atoms with Gasteiger partial charge in [0.1, 0.15) is 11.5 Å². The second kappa shape index (κ2) is 6.57. The quantitative estimate of drug-likeness (QED) is 0.742. The molecule has 1 N–H and O–H groups in total. The normalized spacial score (nSPS) is 10.6. The number of nitrogens with zero attached hydrogens (tertiary/aromatic N) is 1. The van der Waals surface area contributed by atoms with E-state index in [1.54, 1.807) is 7.11 Å². The highest BCUT2D eigenvalue weighted by atomic mass is 16.5. The van der Waals surface area contributed by atoms with Crippen molar-refractivity contribution in [1.29, 1.82) is 0 Å². The van der Waals surface area contributed by atoms with Crippen molar-refractivity contribution in [1.82, 2.24) is 4.98 Å². The lowest BCUT2D eigenvalue weighted by Crippen LogP contribution is -1.99. The van der Waals surface area contributed by atoms with Gasteiger partial charge in [0.15, 0.2) is 0 Å². The molecule has 0 aliphatic rings. The van der Waals surface area contributed by atoms with Gasteiger partial charge in [-0.2, -0.15) is 0 Å². The predicted octanol–water partition coefficient (Wildman–Crippen LogP) is 4.69. The fraction of sp³-hybridized carbons (Fsp3) is 0.211. The Morgan fingerprint density at radius 2 is 1.87 bits per heavy atom. The molecule has 3 aromatic rings. The SMILES string of the molecule is CCOc1ccccc1Nc1cc(C)nc2cc(OC)ccc12. The Morgan fingerprint density at radius 1 is 1.04 bits per heavy atom. The Bertz CT molecular complexity index is 831. The number of nitrogens with one attached hydrogen (secondary N) is 1. The Balaban J connectivity index is 2.06. The molecule has 4 nitrogen and oxygen atoms in total. The van der Waals surface area contributed by atoms with Crippen molar-refractivity contribution in [2.75, 3.05) is 19.0 Å². The zero-order chi connectivity index (χ0) is 16.2. The summed E-state index contributed by atoms with van der Waals surface area (Å²) in [6.07, 6.45) is 0. The van der Waals surface area contributed by atoms with Crippen LogP contribution in [-0.2, 0) is 0 Å². The number of para-hydroxylation sites is 2. The van der Waals surface area contributed by atoms with Crippen molar-refractivity contribution in [3.05, 3.63) is 54.2 Å². The maximum atomic E-state index is 5.69. The zero-order valence-electron chi connectivity index (χ0n) is 13.6. The Hall–Kier alpha value is -2.75. The van der Waals surface area contributed by atoms with Crippen LogP contribution in [0, 0.1) is 6.92 Å². The van der Waals surface area contributed by atoms with Gasteiger partial charge in [-0.1, -0.05) is 12.1 Å². The van der Waals surface area contributed by atoms with Crippen LogP contribution in [0.2, 0.25) is 0 Å². The molecule has 0 fully saturated rings. The van der Waals surface area contributed by atoms with Crippen LogP contribution in [0.4, 0.5) is 11.4 Å². The lowest BCUT2D eigenvalue weighted by Gasteiger charge is -2.15. The molecule has 0 aliphatic carbocycles. The van der Waals surface area contributed by atoms with Gasteiger partial charge in [0.2, 0.25) is 0 Å². The minimum absolute atomic E-state index is 0.631. The smallest absolute Gasteiger partial charge is 0.142 e. The molecule has 0 saturated heterocycles. The number of methoxy groups -OCH3 is 1. The van der Waals surface area contributed by atoms with Crippen molar-refractivity contribution < 1.29 is 9.47 Å². The van der Waals surface area contributed by atoms with E-state index in [-0.39, 0.29) is 0 Å². The summed E-state index contributed by atoms with van der Waals surface area (Å²) >= 11 is 0. The molecule has 0 spiro atoms. The monoisotopic (exact) mass is 308 g/mol. The average Bonchev–Trinajstić information content (AvgIpc) is 2.56. The second-order valence-corrected chi connectivity index (χ2v) is 5.25. The standard InChI is InChI=1S/C19H20N2O2/c1-4-23-19-8-6-5-7-16(19)21-17-11-13(2)20-18-12-14(22-3)9-10-15(17)18/h5-12H,4H2,1-3H3,(H,20,21). The van der Waals surface area contributed by atoms with Gasteiger partial charge in [0.25, 0.3) is 0 Å². The number of fused-ring (bicyclic) bond motifs is 1. The molecule has 3 rings (SSSR count). The van der Waals surface area contributed by atoms with E-state index < -0.39 is 0 Å². The Labute approximate surface area is 136 Å². The third-order valence-electron chi connectivity index (χ3n) is 3.60. The molecule has 0 radical (unpaired) electrons. The lowest BCUT2D eigenvalue weighted by atomic mass is 10.1. The van der Waals surface area contributed by atoms with Crippen molar-refractivity contribution in [3.63, 3.8) is 0 Å². The van der Waals surface area contributed by atoms with Crippen molar-refractivity contribution in [2.24, 2.45) is 0 Å². The maximum absolute atomic E-state index is 5.69. The van der Waals surface area contributed by atoms with Crippen molar-refractivity contribution >= 4 is 22.3 Å². The molecule has 118 valence electrons. The first-order valence-electron chi connectivity index (χ1n) is 7.65. The molecule has 2 aromatic carbocycles. The van der Waals surface area contributed by atoms with E-state index in [4.69, 9.17) is 9.47 Å². The summed E-state index contributed by atoms with van der Waals surface area (Å²) in [5, 5.41) is 4.52. The molecule has 0 unspecified atom stereocenters. The Kier molecular flexibility index (Phi) is 4.33. The van der Waals surface area contributed by atoms with Gasteiger partial charge < -0.3 is 14.8 Å². The van der Waals surface area contributed by atoms with E-state index in [1.807, 2.05) is 62.4 Å². The van der Waals surface area contributed by atoms with Crippen LogP contribution in [0.15, 0.2) is 48.5 Å². The highest BCUT2D eigenvalue weighted by Gasteiger charge is 2.08. The van der Waals surface area contributed by atoms with Gasteiger partial charge >= 0.3 is 0 Å². The summed E-state index contributed by atoms with van der Waals surface area (Å²) in [5.41, 5.74) is 3.79. The minimum atomic E-state index is 0.631. The van der Waals surface area contributed by atoms with Gasteiger partial charge in [0, 0.05) is 22.8 Å². The molecule has 0 amide bonds. The van der Waals surface area contributed by atoms with Crippen LogP contribution in [0.25, 0.3) is 10.9 Å². The molecule has 1 aromatic heterocycles. The average molecular weight is 308 g/mol. The molecular formula is C19H20N2O2. The third-order valence-corrected chi connectivity index (χ3v) is 3.60. The molecule has 4 heteroatoms. The number of benzene rings is 2. The van der Waals surface area contributed by atoms with Crippen LogP contribution in [0.3, 0.4) is 0 Å². The fourth-order valence-corrected chi connectivity index (χ4v) is 2.57. The fourth-order valence-electron chi connectivity index (χ4n) is 2.57. The molecule has 0 atom stereocenters. The van der Waals surface area contributed by atoms with E-state index in [0.29, 0.717) is 6.61 Å². The molecule has 23 heavy (non-hydrogen) atoms.